The van der Waals surface area contributed by atoms with Crippen LogP contribution in [-0.4, -0.2) is 25.3 Å². The molecule has 0 N–H and O–H groups in total. The van der Waals surface area contributed by atoms with Crippen LogP contribution < -0.4 is 24.3 Å². The molecule has 1 atom stereocenters. The predicted molar refractivity (Wildman–Crippen MR) is 170 cm³/mol. The van der Waals surface area contributed by atoms with E-state index in [0.717, 1.165) is 0 Å². The maximum Gasteiger partial charge on any atom is 0.249 e. The number of carbonyl (C=O) groups excluding carboxylic acids is 2. The van der Waals surface area contributed by atoms with Crippen LogP contribution in [0.1, 0.15) is 31.8 Å². The Morgan fingerprint density at radius 3 is 1.39 bits per heavy atom. The second-order valence-corrected chi connectivity index (χ2v) is 12.3. The maximum atomic E-state index is 15.3. The molecule has 0 saturated carbocycles. The first kappa shape index (κ1) is 30.3. The number of rotatable bonds is 13. The molecule has 0 saturated heterocycles. The SMILES string of the molecule is COc1cccc(OC)c1C(=O)P(=O)(C(=O)c1c(COc2ccccc2)cccc1COc1ccccc1)c1ccccc1. The topological polar surface area (TPSA) is 88.1 Å². The van der Waals surface area contributed by atoms with Gasteiger partial charge in [0.05, 0.1) is 14.2 Å². The summed E-state index contributed by atoms with van der Waals surface area (Å²) in [6, 6.07) is 36.4. The van der Waals surface area contributed by atoms with Gasteiger partial charge in [0.25, 0.3) is 0 Å². The molecular weight excluding hydrogens is 575 g/mol. The van der Waals surface area contributed by atoms with Crippen molar-refractivity contribution in [1.29, 1.82) is 0 Å². The molecule has 0 radical (unpaired) electrons. The zero-order valence-electron chi connectivity index (χ0n) is 24.3. The Balaban J connectivity index is 1.67. The van der Waals surface area contributed by atoms with Crippen molar-refractivity contribution in [3.05, 3.63) is 150 Å². The zero-order chi connectivity index (χ0) is 30.9. The Kier molecular flexibility index (Phi) is 9.58. The van der Waals surface area contributed by atoms with Crippen molar-refractivity contribution in [2.24, 2.45) is 0 Å². The molecular formula is C36H31O7P. The molecule has 0 aliphatic carbocycles. The van der Waals surface area contributed by atoms with E-state index in [1.165, 1.54) is 26.4 Å². The summed E-state index contributed by atoms with van der Waals surface area (Å²) in [5.74, 6) is 1.48. The number of benzene rings is 5. The Bertz CT molecular complexity index is 1700. The average molecular weight is 607 g/mol. The monoisotopic (exact) mass is 606 g/mol. The molecule has 0 amide bonds. The van der Waals surface area contributed by atoms with Crippen LogP contribution in [0.5, 0.6) is 23.0 Å². The first-order chi connectivity index (χ1) is 21.5. The Labute approximate surface area is 256 Å². The van der Waals surface area contributed by atoms with E-state index in [2.05, 4.69) is 0 Å². The molecule has 222 valence electrons. The maximum absolute atomic E-state index is 15.3. The molecule has 44 heavy (non-hydrogen) atoms. The number of hydrogen-bond acceptors (Lipinski definition) is 7. The molecule has 0 aliphatic heterocycles. The highest BCUT2D eigenvalue weighted by Crippen LogP contribution is 2.54. The highest BCUT2D eigenvalue weighted by molar-refractivity contribution is 8.01. The fourth-order valence-corrected chi connectivity index (χ4v) is 7.25. The van der Waals surface area contributed by atoms with E-state index < -0.39 is 18.2 Å². The van der Waals surface area contributed by atoms with Gasteiger partial charge in [-0.2, -0.15) is 0 Å². The number of methoxy groups -OCH3 is 2. The van der Waals surface area contributed by atoms with Gasteiger partial charge >= 0.3 is 0 Å². The van der Waals surface area contributed by atoms with Gasteiger partial charge in [0.15, 0.2) is 0 Å². The van der Waals surface area contributed by atoms with Gasteiger partial charge in [-0.1, -0.05) is 91.0 Å². The number of carbonyl (C=O) groups is 2. The van der Waals surface area contributed by atoms with E-state index in [9.17, 15) is 9.59 Å². The van der Waals surface area contributed by atoms with E-state index in [0.29, 0.717) is 22.6 Å². The lowest BCUT2D eigenvalue weighted by Gasteiger charge is -2.22. The number of para-hydroxylation sites is 2. The van der Waals surface area contributed by atoms with Gasteiger partial charge in [-0.25, -0.2) is 0 Å². The third-order valence-corrected chi connectivity index (χ3v) is 9.68. The largest absolute Gasteiger partial charge is 0.496 e. The van der Waals surface area contributed by atoms with Crippen molar-refractivity contribution in [3.63, 3.8) is 0 Å². The molecule has 5 aromatic carbocycles. The van der Waals surface area contributed by atoms with Gasteiger partial charge in [-0.3, -0.25) is 9.59 Å². The first-order valence-corrected chi connectivity index (χ1v) is 15.6. The van der Waals surface area contributed by atoms with E-state index in [-0.39, 0.29) is 41.1 Å². The minimum absolute atomic E-state index is 0.00871. The molecule has 7 nitrogen and oxygen atoms in total. The summed E-state index contributed by atoms with van der Waals surface area (Å²) < 4.78 is 38.3. The normalized spacial score (nSPS) is 12.0. The Hall–Kier alpha value is -5.13. The van der Waals surface area contributed by atoms with Gasteiger partial charge in [0, 0.05) is 22.0 Å². The molecule has 5 aromatic rings. The first-order valence-electron chi connectivity index (χ1n) is 13.9. The summed E-state index contributed by atoms with van der Waals surface area (Å²) in [6.07, 6.45) is 0. The van der Waals surface area contributed by atoms with Crippen molar-refractivity contribution in [2.75, 3.05) is 14.2 Å². The molecule has 0 heterocycles. The summed E-state index contributed by atoms with van der Waals surface area (Å²) in [4.78, 5) is 29.4. The van der Waals surface area contributed by atoms with E-state index in [1.807, 2.05) is 36.4 Å². The molecule has 0 aromatic heterocycles. The number of hydrogen-bond donors (Lipinski definition) is 0. The molecule has 0 spiro atoms. The quantitative estimate of drug-likeness (QED) is 0.128. The molecule has 0 bridgehead atoms. The van der Waals surface area contributed by atoms with Crippen molar-refractivity contribution in [2.45, 2.75) is 13.2 Å². The van der Waals surface area contributed by atoms with Crippen molar-refractivity contribution >= 4 is 23.5 Å². The summed E-state index contributed by atoms with van der Waals surface area (Å²) in [6.45, 7) is -0.0174. The van der Waals surface area contributed by atoms with Gasteiger partial charge in [0.2, 0.25) is 18.2 Å². The second-order valence-electron chi connectivity index (χ2n) is 9.75. The van der Waals surface area contributed by atoms with Crippen LogP contribution >= 0.6 is 7.14 Å². The Morgan fingerprint density at radius 2 is 0.932 bits per heavy atom. The van der Waals surface area contributed by atoms with Crippen LogP contribution in [0.25, 0.3) is 0 Å². The second kappa shape index (κ2) is 13.9. The minimum Gasteiger partial charge on any atom is -0.496 e. The van der Waals surface area contributed by atoms with Gasteiger partial charge < -0.3 is 23.5 Å². The fraction of sp³-hybridized carbons (Fsp3) is 0.111. The lowest BCUT2D eigenvalue weighted by atomic mass is 10.0. The third-order valence-electron chi connectivity index (χ3n) is 7.06. The number of ether oxygens (including phenoxy) is 4. The molecule has 0 aliphatic rings. The molecule has 1 unspecified atom stereocenters. The average Bonchev–Trinajstić information content (AvgIpc) is 3.09. The van der Waals surface area contributed by atoms with Gasteiger partial charge in [-0.05, 0) is 36.4 Å². The van der Waals surface area contributed by atoms with Crippen LogP contribution in [0, 0.1) is 0 Å². The van der Waals surface area contributed by atoms with E-state index in [4.69, 9.17) is 18.9 Å². The minimum atomic E-state index is -4.57. The van der Waals surface area contributed by atoms with Crippen LogP contribution in [-0.2, 0) is 17.8 Å². The smallest absolute Gasteiger partial charge is 0.249 e. The molecule has 5 rings (SSSR count). The van der Waals surface area contributed by atoms with Gasteiger partial charge in [0.1, 0.15) is 41.8 Å². The third kappa shape index (κ3) is 6.29. The molecule has 0 fully saturated rings. The van der Waals surface area contributed by atoms with E-state index >= 15 is 4.57 Å². The Morgan fingerprint density at radius 1 is 0.523 bits per heavy atom. The summed E-state index contributed by atoms with van der Waals surface area (Å²) >= 11 is 0. The van der Waals surface area contributed by atoms with Gasteiger partial charge in [-0.15, -0.1) is 0 Å². The highest BCUT2D eigenvalue weighted by Gasteiger charge is 2.46. The zero-order valence-corrected chi connectivity index (χ0v) is 25.2. The lowest BCUT2D eigenvalue weighted by molar-refractivity contribution is 0.103. The van der Waals surface area contributed by atoms with Crippen molar-refractivity contribution in [3.8, 4) is 23.0 Å². The van der Waals surface area contributed by atoms with Crippen molar-refractivity contribution in [1.82, 2.24) is 0 Å². The summed E-state index contributed by atoms with van der Waals surface area (Å²) in [5, 5.41) is 0.0941. The summed E-state index contributed by atoms with van der Waals surface area (Å²) in [7, 11) is -1.77. The van der Waals surface area contributed by atoms with Crippen LogP contribution in [0.15, 0.2) is 127 Å². The lowest BCUT2D eigenvalue weighted by Crippen LogP contribution is -2.23. The van der Waals surface area contributed by atoms with E-state index in [1.54, 1.807) is 78.9 Å². The standard InChI is InChI=1S/C36H31O7P/c1-40-31-22-13-23-32(41-2)34(31)36(38)44(39,30-20-10-5-11-21-30)35(37)33-26(24-42-28-16-6-3-7-17-28)14-12-15-27(33)25-43-29-18-8-4-9-19-29/h3-23H,24-25H2,1-2H3. The fourth-order valence-electron chi connectivity index (χ4n) is 4.87. The van der Waals surface area contributed by atoms with Crippen LogP contribution in [0.4, 0.5) is 0 Å². The highest BCUT2D eigenvalue weighted by atomic mass is 31.2. The van der Waals surface area contributed by atoms with Crippen molar-refractivity contribution < 1.29 is 33.1 Å². The predicted octanol–water partition coefficient (Wildman–Crippen LogP) is 7.53. The van der Waals surface area contributed by atoms with Crippen LogP contribution in [0.2, 0.25) is 0 Å². The summed E-state index contributed by atoms with van der Waals surface area (Å²) in [5.41, 5.74) is -0.767. The molecule has 8 heteroatoms. The van der Waals surface area contributed by atoms with Crippen LogP contribution in [0.3, 0.4) is 0 Å².